The molecule has 4 nitrogen and oxygen atoms in total. The van der Waals surface area contributed by atoms with Crippen LogP contribution < -0.4 is 9.64 Å². The van der Waals surface area contributed by atoms with Crippen molar-refractivity contribution in [2.45, 2.75) is 25.4 Å². The minimum Gasteiger partial charge on any atom is -0.485 e. The summed E-state index contributed by atoms with van der Waals surface area (Å²) in [5.41, 5.74) is 19.1. The van der Waals surface area contributed by atoms with Crippen molar-refractivity contribution in [1.82, 2.24) is 4.40 Å². The van der Waals surface area contributed by atoms with Gasteiger partial charge in [0.1, 0.15) is 23.0 Å². The van der Waals surface area contributed by atoms with Gasteiger partial charge in [-0.1, -0.05) is 127 Å². The molecule has 0 bridgehead atoms. The fraction of sp³-hybridized carbons (Fsp3) is 0.0667. The van der Waals surface area contributed by atoms with Crippen LogP contribution in [0.3, 0.4) is 0 Å². The molecule has 2 aliphatic carbocycles. The molecule has 14 rings (SSSR count). The standard InChI is InChI=1S/C60H40N2O2/c1-4-13-54-46(8-1)51-11-7-12-52-53-34-40(24-33-55(53)62(54)60(51)52)37-16-25-43(26-17-37)61(44-27-18-38(19-28-44)41-22-31-49-47-9-2-5-14-56(47)63-58(49)35-41)45-29-20-39(21-30-45)42-23-32-50-48-10-3-6-15-57(48)64-59(50)36-42/h1-20,22-29,31-35,59H,21,30,36H2. The Hall–Kier alpha value is -8.08. The normalized spacial score (nSPS) is 16.0. The molecule has 1 atom stereocenters. The molecule has 3 aromatic heterocycles. The van der Waals surface area contributed by atoms with Gasteiger partial charge >= 0.3 is 0 Å². The summed E-state index contributed by atoms with van der Waals surface area (Å²) < 4.78 is 15.1. The molecule has 0 saturated heterocycles. The van der Waals surface area contributed by atoms with Gasteiger partial charge < -0.3 is 18.5 Å². The molecule has 4 heterocycles. The molecular weight excluding hydrogens is 781 g/mol. The fourth-order valence-corrected chi connectivity index (χ4v) is 10.9. The van der Waals surface area contributed by atoms with E-state index in [9.17, 15) is 0 Å². The average molecular weight is 821 g/mol. The molecule has 1 aliphatic heterocycles. The highest BCUT2D eigenvalue weighted by molar-refractivity contribution is 6.23. The van der Waals surface area contributed by atoms with Crippen molar-refractivity contribution >= 4 is 77.0 Å². The van der Waals surface area contributed by atoms with E-state index in [0.29, 0.717) is 0 Å². The fourth-order valence-electron chi connectivity index (χ4n) is 10.9. The summed E-state index contributed by atoms with van der Waals surface area (Å²) in [7, 11) is 0. The molecule has 3 aliphatic rings. The molecule has 4 heteroatoms. The Kier molecular flexibility index (Phi) is 7.61. The van der Waals surface area contributed by atoms with Gasteiger partial charge in [-0.2, -0.15) is 0 Å². The van der Waals surface area contributed by atoms with Crippen molar-refractivity contribution < 1.29 is 9.15 Å². The third-order valence-corrected chi connectivity index (χ3v) is 14.0. The van der Waals surface area contributed by atoms with E-state index in [4.69, 9.17) is 9.15 Å². The van der Waals surface area contributed by atoms with Crippen LogP contribution in [-0.4, -0.2) is 10.5 Å². The van der Waals surface area contributed by atoms with Gasteiger partial charge in [-0.25, -0.2) is 0 Å². The van der Waals surface area contributed by atoms with Gasteiger partial charge in [0.15, 0.2) is 0 Å². The maximum Gasteiger partial charge on any atom is 0.136 e. The molecule has 0 N–H and O–H groups in total. The zero-order valence-corrected chi connectivity index (χ0v) is 35.0. The SMILES string of the molecule is C1=C(C2=CC=C3c4ccccc4OC3C2)CCC(N(c2ccc(-c3ccc4c(c3)oc3ccccc34)cc2)c2ccc(-c3ccc4c(c3)c3cccc5c6ccccc6n4c53)cc2)=C1. The Bertz CT molecular complexity index is 3840. The first-order chi connectivity index (χ1) is 31.7. The van der Waals surface area contributed by atoms with Gasteiger partial charge in [0.05, 0.1) is 16.6 Å². The number of allylic oxidation sites excluding steroid dienone is 6. The summed E-state index contributed by atoms with van der Waals surface area (Å²) in [4.78, 5) is 2.44. The molecule has 8 aromatic carbocycles. The van der Waals surface area contributed by atoms with Crippen molar-refractivity contribution in [3.05, 3.63) is 223 Å². The van der Waals surface area contributed by atoms with Crippen molar-refractivity contribution in [2.24, 2.45) is 0 Å². The number of nitrogens with zero attached hydrogens (tertiary/aromatic N) is 2. The second-order valence-corrected chi connectivity index (χ2v) is 17.5. The van der Waals surface area contributed by atoms with Gasteiger partial charge in [0, 0.05) is 66.9 Å². The van der Waals surface area contributed by atoms with E-state index in [1.54, 1.807) is 0 Å². The van der Waals surface area contributed by atoms with E-state index in [0.717, 1.165) is 69.5 Å². The summed E-state index contributed by atoms with van der Waals surface area (Å²) in [6, 6.07) is 63.8. The molecule has 0 spiro atoms. The molecule has 64 heavy (non-hydrogen) atoms. The van der Waals surface area contributed by atoms with Crippen LogP contribution >= 0.6 is 0 Å². The number of rotatable bonds is 6. The molecule has 0 radical (unpaired) electrons. The lowest BCUT2D eigenvalue weighted by atomic mass is 9.85. The summed E-state index contributed by atoms with van der Waals surface area (Å²) in [6.07, 6.45) is 12.1. The monoisotopic (exact) mass is 820 g/mol. The van der Waals surface area contributed by atoms with Crippen LogP contribution in [0.15, 0.2) is 221 Å². The second kappa shape index (κ2) is 13.7. The second-order valence-electron chi connectivity index (χ2n) is 17.5. The van der Waals surface area contributed by atoms with Crippen molar-refractivity contribution in [3.8, 4) is 28.0 Å². The summed E-state index contributed by atoms with van der Waals surface area (Å²) in [5.74, 6) is 0.994. The number of fused-ring (bicyclic) bond motifs is 12. The Balaban J connectivity index is 0.823. The quantitative estimate of drug-likeness (QED) is 0.167. The van der Waals surface area contributed by atoms with Gasteiger partial charge in [-0.3, -0.25) is 0 Å². The number of hydrogen-bond acceptors (Lipinski definition) is 3. The Morgan fingerprint density at radius 3 is 1.91 bits per heavy atom. The lowest BCUT2D eigenvalue weighted by Crippen LogP contribution is -2.19. The van der Waals surface area contributed by atoms with Crippen LogP contribution in [-0.2, 0) is 0 Å². The number of hydrogen-bond donors (Lipinski definition) is 0. The number of benzene rings is 8. The highest BCUT2D eigenvalue weighted by atomic mass is 16.5. The molecule has 302 valence electrons. The molecule has 0 saturated carbocycles. The van der Waals surface area contributed by atoms with Gasteiger partial charge in [-0.15, -0.1) is 0 Å². The van der Waals surface area contributed by atoms with Gasteiger partial charge in [-0.05, 0) is 119 Å². The lowest BCUT2D eigenvalue weighted by Gasteiger charge is -2.31. The number of para-hydroxylation sites is 4. The van der Waals surface area contributed by atoms with Crippen molar-refractivity contribution in [3.63, 3.8) is 0 Å². The van der Waals surface area contributed by atoms with E-state index < -0.39 is 0 Å². The van der Waals surface area contributed by atoms with E-state index in [1.165, 1.54) is 77.2 Å². The number of ether oxygens (including phenoxy) is 1. The van der Waals surface area contributed by atoms with Crippen LogP contribution in [0.2, 0.25) is 0 Å². The first kappa shape index (κ1) is 35.5. The van der Waals surface area contributed by atoms with Crippen LogP contribution in [0, 0.1) is 0 Å². The van der Waals surface area contributed by atoms with Crippen LogP contribution in [0.5, 0.6) is 5.75 Å². The first-order valence-corrected chi connectivity index (χ1v) is 22.4. The Labute approximate surface area is 369 Å². The largest absolute Gasteiger partial charge is 0.485 e. The zero-order valence-electron chi connectivity index (χ0n) is 35.0. The highest BCUT2D eigenvalue weighted by Gasteiger charge is 2.32. The summed E-state index contributed by atoms with van der Waals surface area (Å²) in [5, 5.41) is 7.49. The minimum atomic E-state index is 0.0788. The smallest absolute Gasteiger partial charge is 0.136 e. The Morgan fingerprint density at radius 1 is 0.453 bits per heavy atom. The molecule has 0 amide bonds. The van der Waals surface area contributed by atoms with Crippen molar-refractivity contribution in [1.29, 1.82) is 0 Å². The predicted molar refractivity (Wildman–Crippen MR) is 265 cm³/mol. The summed E-state index contributed by atoms with van der Waals surface area (Å²) >= 11 is 0. The number of furan rings is 1. The summed E-state index contributed by atoms with van der Waals surface area (Å²) in [6.45, 7) is 0. The van der Waals surface area contributed by atoms with E-state index in [-0.39, 0.29) is 6.10 Å². The highest BCUT2D eigenvalue weighted by Crippen LogP contribution is 2.45. The maximum absolute atomic E-state index is 6.42. The number of aromatic nitrogens is 1. The minimum absolute atomic E-state index is 0.0788. The molecule has 1 unspecified atom stereocenters. The maximum atomic E-state index is 6.42. The average Bonchev–Trinajstić information content (AvgIpc) is 4.11. The molecular formula is C60H40N2O2. The zero-order chi connectivity index (χ0) is 41.9. The third-order valence-electron chi connectivity index (χ3n) is 14.0. The van der Waals surface area contributed by atoms with E-state index in [1.807, 2.05) is 12.1 Å². The van der Waals surface area contributed by atoms with Crippen molar-refractivity contribution in [2.75, 3.05) is 4.90 Å². The van der Waals surface area contributed by atoms with E-state index in [2.05, 4.69) is 197 Å². The van der Waals surface area contributed by atoms with Crippen LogP contribution in [0.1, 0.15) is 24.8 Å². The van der Waals surface area contributed by atoms with Crippen LogP contribution in [0.25, 0.3) is 87.9 Å². The molecule has 11 aromatic rings. The number of anilines is 2. The van der Waals surface area contributed by atoms with Crippen LogP contribution in [0.4, 0.5) is 11.4 Å². The third kappa shape index (κ3) is 5.36. The molecule has 0 fully saturated rings. The first-order valence-electron chi connectivity index (χ1n) is 22.4. The topological polar surface area (TPSA) is 30.0 Å². The van der Waals surface area contributed by atoms with Gasteiger partial charge in [0.2, 0.25) is 0 Å². The predicted octanol–water partition coefficient (Wildman–Crippen LogP) is 16.0. The lowest BCUT2D eigenvalue weighted by molar-refractivity contribution is 0.275. The van der Waals surface area contributed by atoms with Gasteiger partial charge in [0.25, 0.3) is 0 Å². The Morgan fingerprint density at radius 2 is 1.09 bits per heavy atom. The van der Waals surface area contributed by atoms with E-state index >= 15 is 0 Å².